The first kappa shape index (κ1) is 13.2. The molecule has 0 amide bonds. The summed E-state index contributed by atoms with van der Waals surface area (Å²) >= 11 is 0. The van der Waals surface area contributed by atoms with Crippen molar-refractivity contribution in [2.45, 2.75) is 0 Å². The Balaban J connectivity index is 1.38. The van der Waals surface area contributed by atoms with E-state index in [0.717, 1.165) is 49.1 Å². The van der Waals surface area contributed by atoms with Gasteiger partial charge in [0, 0.05) is 26.2 Å². The van der Waals surface area contributed by atoms with Gasteiger partial charge in [0.25, 0.3) is 0 Å². The van der Waals surface area contributed by atoms with Crippen molar-refractivity contribution in [3.05, 3.63) is 43.0 Å². The van der Waals surface area contributed by atoms with Gasteiger partial charge >= 0.3 is 0 Å². The summed E-state index contributed by atoms with van der Waals surface area (Å²) in [4.78, 5) is 4.63. The van der Waals surface area contributed by atoms with E-state index in [4.69, 9.17) is 0 Å². The predicted octanol–water partition coefficient (Wildman–Crippen LogP) is 0.494. The van der Waals surface area contributed by atoms with Crippen molar-refractivity contribution in [1.82, 2.24) is 34.4 Å². The van der Waals surface area contributed by atoms with Gasteiger partial charge in [-0.25, -0.2) is 0 Å². The van der Waals surface area contributed by atoms with Crippen LogP contribution in [0.25, 0.3) is 11.3 Å². The highest BCUT2D eigenvalue weighted by atomic mass is 15.4. The van der Waals surface area contributed by atoms with Gasteiger partial charge in [-0.3, -0.25) is 4.40 Å². The van der Waals surface area contributed by atoms with E-state index in [1.165, 1.54) is 0 Å². The fourth-order valence-corrected chi connectivity index (χ4v) is 3.14. The maximum atomic E-state index is 4.57. The molecule has 0 bridgehead atoms. The molecule has 9 nitrogen and oxygen atoms in total. The summed E-state index contributed by atoms with van der Waals surface area (Å²) in [6.45, 7) is 3.64. The lowest BCUT2D eigenvalue weighted by Crippen LogP contribution is -2.47. The average molecular weight is 321 g/mol. The lowest BCUT2D eigenvalue weighted by molar-refractivity contribution is 0.633. The second-order valence-electron chi connectivity index (χ2n) is 5.74. The normalized spacial score (nSPS) is 15.5. The number of aromatic nitrogens is 7. The number of pyridine rings is 1. The topological polar surface area (TPSA) is 79.8 Å². The van der Waals surface area contributed by atoms with Crippen LogP contribution >= 0.6 is 0 Å². The van der Waals surface area contributed by atoms with Crippen molar-refractivity contribution in [3.8, 4) is 0 Å². The van der Waals surface area contributed by atoms with Gasteiger partial charge in [-0.15, -0.1) is 25.5 Å². The van der Waals surface area contributed by atoms with Crippen LogP contribution in [0.2, 0.25) is 0 Å². The molecule has 0 saturated carbocycles. The van der Waals surface area contributed by atoms with E-state index in [-0.39, 0.29) is 0 Å². The number of hydrogen-bond acceptors (Lipinski definition) is 7. The van der Waals surface area contributed by atoms with E-state index in [9.17, 15) is 0 Å². The van der Waals surface area contributed by atoms with Crippen LogP contribution in [0.1, 0.15) is 0 Å². The van der Waals surface area contributed by atoms with E-state index in [1.54, 1.807) is 17.2 Å². The Morgan fingerprint density at radius 2 is 1.54 bits per heavy atom. The highest BCUT2D eigenvalue weighted by Gasteiger charge is 2.20. The van der Waals surface area contributed by atoms with E-state index in [0.29, 0.717) is 0 Å². The van der Waals surface area contributed by atoms with Crippen LogP contribution in [0.3, 0.4) is 0 Å². The second-order valence-corrected chi connectivity index (χ2v) is 5.74. The third-order valence-electron chi connectivity index (χ3n) is 4.39. The zero-order valence-electron chi connectivity index (χ0n) is 12.9. The molecule has 0 N–H and O–H groups in total. The lowest BCUT2D eigenvalue weighted by Gasteiger charge is -2.36. The van der Waals surface area contributed by atoms with Gasteiger partial charge in [-0.05, 0) is 24.3 Å². The van der Waals surface area contributed by atoms with Crippen LogP contribution < -0.4 is 9.80 Å². The molecule has 1 saturated heterocycles. The number of anilines is 2. The summed E-state index contributed by atoms with van der Waals surface area (Å²) in [7, 11) is 0. The number of rotatable bonds is 2. The minimum Gasteiger partial charge on any atom is -0.354 e. The molecule has 4 aromatic heterocycles. The second kappa shape index (κ2) is 5.15. The van der Waals surface area contributed by atoms with Crippen molar-refractivity contribution in [1.29, 1.82) is 0 Å². The summed E-state index contributed by atoms with van der Waals surface area (Å²) in [6, 6.07) is 10.0. The van der Waals surface area contributed by atoms with Crippen LogP contribution in [-0.4, -0.2) is 60.6 Å². The summed E-state index contributed by atoms with van der Waals surface area (Å²) in [5.74, 6) is 2.07. The van der Waals surface area contributed by atoms with Gasteiger partial charge in [-0.2, -0.15) is 4.52 Å². The number of nitrogens with zero attached hydrogens (tertiary/aromatic N) is 9. The molecule has 0 radical (unpaired) electrons. The molecular weight excluding hydrogens is 306 g/mol. The van der Waals surface area contributed by atoms with E-state index < -0.39 is 0 Å². The van der Waals surface area contributed by atoms with Crippen LogP contribution in [0.5, 0.6) is 0 Å². The van der Waals surface area contributed by atoms with Gasteiger partial charge in [0.1, 0.15) is 24.3 Å². The van der Waals surface area contributed by atoms with Crippen LogP contribution in [0.4, 0.5) is 11.6 Å². The third kappa shape index (κ3) is 2.05. The Kier molecular flexibility index (Phi) is 2.84. The molecule has 0 aromatic carbocycles. The van der Waals surface area contributed by atoms with E-state index in [1.807, 2.05) is 28.7 Å². The Morgan fingerprint density at radius 1 is 0.750 bits per heavy atom. The highest BCUT2D eigenvalue weighted by molar-refractivity contribution is 5.52. The monoisotopic (exact) mass is 321 g/mol. The van der Waals surface area contributed by atoms with Crippen molar-refractivity contribution in [2.75, 3.05) is 36.0 Å². The first-order valence-corrected chi connectivity index (χ1v) is 7.84. The van der Waals surface area contributed by atoms with Gasteiger partial charge in [0.2, 0.25) is 0 Å². The summed E-state index contributed by atoms with van der Waals surface area (Å²) < 4.78 is 3.73. The summed E-state index contributed by atoms with van der Waals surface area (Å²) in [5, 5.41) is 20.5. The van der Waals surface area contributed by atoms with Crippen molar-refractivity contribution in [2.24, 2.45) is 0 Å². The van der Waals surface area contributed by atoms with Gasteiger partial charge < -0.3 is 9.80 Å². The molecule has 1 fully saturated rings. The quantitative estimate of drug-likeness (QED) is 0.531. The van der Waals surface area contributed by atoms with Crippen molar-refractivity contribution in [3.63, 3.8) is 0 Å². The summed E-state index contributed by atoms with van der Waals surface area (Å²) in [6.07, 6.45) is 3.39. The Hall–Kier alpha value is -3.23. The smallest absolute Gasteiger partial charge is 0.177 e. The van der Waals surface area contributed by atoms with Gasteiger partial charge in [0.05, 0.1) is 0 Å². The van der Waals surface area contributed by atoms with Crippen molar-refractivity contribution < 1.29 is 0 Å². The molecule has 120 valence electrons. The third-order valence-corrected chi connectivity index (χ3v) is 4.39. The molecule has 0 aliphatic carbocycles. The van der Waals surface area contributed by atoms with Crippen LogP contribution in [-0.2, 0) is 0 Å². The molecule has 24 heavy (non-hydrogen) atoms. The minimum absolute atomic E-state index is 0.761. The molecule has 9 heteroatoms. The zero-order chi connectivity index (χ0) is 15.9. The van der Waals surface area contributed by atoms with E-state index >= 15 is 0 Å². The maximum absolute atomic E-state index is 4.57. The largest absolute Gasteiger partial charge is 0.354 e. The zero-order valence-corrected chi connectivity index (χ0v) is 12.9. The van der Waals surface area contributed by atoms with Crippen LogP contribution in [0.15, 0.2) is 43.0 Å². The Bertz CT molecular complexity index is 996. The fraction of sp³-hybridized carbons (Fsp3) is 0.267. The molecule has 1 aliphatic heterocycles. The molecule has 0 unspecified atom stereocenters. The van der Waals surface area contributed by atoms with Crippen LogP contribution in [0, 0.1) is 0 Å². The first-order chi connectivity index (χ1) is 11.9. The molecule has 4 aromatic rings. The SMILES string of the molecule is c1cc(N2CCN(c3ccc4nncn4n3)CC2)n2cnnc2c1. The molecule has 0 atom stereocenters. The number of piperazine rings is 1. The van der Waals surface area contributed by atoms with E-state index in [2.05, 4.69) is 41.4 Å². The molecule has 5 heterocycles. The van der Waals surface area contributed by atoms with Crippen molar-refractivity contribution >= 4 is 22.9 Å². The fourth-order valence-electron chi connectivity index (χ4n) is 3.14. The first-order valence-electron chi connectivity index (χ1n) is 7.84. The minimum atomic E-state index is 0.761. The maximum Gasteiger partial charge on any atom is 0.177 e. The number of hydrogen-bond donors (Lipinski definition) is 0. The Labute approximate surface area is 137 Å². The lowest BCUT2D eigenvalue weighted by atomic mass is 10.3. The molecule has 1 aliphatic rings. The average Bonchev–Trinajstić information content (AvgIpc) is 3.30. The molecular formula is C15H15N9. The van der Waals surface area contributed by atoms with Gasteiger partial charge in [-0.1, -0.05) is 6.07 Å². The predicted molar refractivity (Wildman–Crippen MR) is 88.2 cm³/mol. The van der Waals surface area contributed by atoms with Gasteiger partial charge in [0.15, 0.2) is 11.3 Å². The standard InChI is InChI=1S/C15H15N9/c1-2-12-18-16-10-23(12)15(3-1)22-8-6-21(7-9-22)14-5-4-13-19-17-11-24(13)20-14/h1-5,10-11H,6-9H2. The Morgan fingerprint density at radius 3 is 2.46 bits per heavy atom. The molecule has 5 rings (SSSR count). The number of fused-ring (bicyclic) bond motifs is 2. The summed E-state index contributed by atoms with van der Waals surface area (Å²) in [5.41, 5.74) is 1.63. The molecule has 0 spiro atoms. The highest BCUT2D eigenvalue weighted by Crippen LogP contribution is 2.20.